The molecule has 0 aromatic rings. The summed E-state index contributed by atoms with van der Waals surface area (Å²) in [4.78, 5) is 12.1. The summed E-state index contributed by atoms with van der Waals surface area (Å²) in [6, 6.07) is 0. The molecule has 17 heavy (non-hydrogen) atoms. The number of hydrogen-bond acceptors (Lipinski definition) is 3. The lowest BCUT2D eigenvalue weighted by Crippen LogP contribution is -2.21. The molecule has 2 aliphatic rings. The number of allylic oxidation sites excluding steroid dienone is 1. The first-order valence-electron chi connectivity index (χ1n) is 6.07. The smallest absolute Gasteiger partial charge is 0.181 e. The van der Waals surface area contributed by atoms with E-state index in [1.54, 1.807) is 6.08 Å². The molecular formula is C14H20O3. The molecule has 0 unspecified atom stereocenters. The summed E-state index contributed by atoms with van der Waals surface area (Å²) in [5.41, 5.74) is 1.85. The van der Waals surface area contributed by atoms with Crippen LogP contribution in [0.2, 0.25) is 0 Å². The van der Waals surface area contributed by atoms with Crippen molar-refractivity contribution in [3.05, 3.63) is 23.8 Å². The highest BCUT2D eigenvalue weighted by molar-refractivity contribution is 6.00. The maximum absolute atomic E-state index is 12.1. The molecule has 1 saturated heterocycles. The van der Waals surface area contributed by atoms with E-state index in [1.165, 1.54) is 0 Å². The number of carbonyl (C=O) groups excluding carboxylic acids is 1. The van der Waals surface area contributed by atoms with Crippen molar-refractivity contribution >= 4 is 5.78 Å². The molecule has 0 amide bonds. The van der Waals surface area contributed by atoms with Gasteiger partial charge in [-0.2, -0.15) is 0 Å². The van der Waals surface area contributed by atoms with Crippen molar-refractivity contribution in [3.63, 3.8) is 0 Å². The van der Waals surface area contributed by atoms with Gasteiger partial charge in [0.2, 0.25) is 0 Å². The Bertz CT molecular complexity index is 373. The fraction of sp³-hybridized carbons (Fsp3) is 0.643. The maximum atomic E-state index is 12.1. The van der Waals surface area contributed by atoms with Crippen LogP contribution >= 0.6 is 0 Å². The molecule has 0 aromatic carbocycles. The number of ether oxygens (including phenoxy) is 2. The van der Waals surface area contributed by atoms with Crippen molar-refractivity contribution in [1.29, 1.82) is 0 Å². The fourth-order valence-corrected chi connectivity index (χ4v) is 2.70. The summed E-state index contributed by atoms with van der Waals surface area (Å²) in [5, 5.41) is 0. The first kappa shape index (κ1) is 12.5. The zero-order valence-corrected chi connectivity index (χ0v) is 10.8. The average molecular weight is 236 g/mol. The Labute approximate surface area is 102 Å². The van der Waals surface area contributed by atoms with Gasteiger partial charge in [-0.1, -0.05) is 26.8 Å². The average Bonchev–Trinajstić information content (AvgIpc) is 2.71. The largest absolute Gasteiger partial charge is 0.348 e. The van der Waals surface area contributed by atoms with Crippen LogP contribution in [-0.4, -0.2) is 25.3 Å². The van der Waals surface area contributed by atoms with Gasteiger partial charge in [-0.15, -0.1) is 6.58 Å². The Morgan fingerprint density at radius 1 is 1.53 bits per heavy atom. The van der Waals surface area contributed by atoms with E-state index in [9.17, 15) is 4.79 Å². The summed E-state index contributed by atoms with van der Waals surface area (Å²) in [7, 11) is 0. The van der Waals surface area contributed by atoms with Crippen molar-refractivity contribution in [3.8, 4) is 0 Å². The second-order valence-electron chi connectivity index (χ2n) is 5.69. The molecule has 0 aromatic heterocycles. The molecule has 0 saturated carbocycles. The Hall–Kier alpha value is -0.930. The SMILES string of the molecule is C=CCO[C@@H]1OC[C@H]2CC(=O)C(C(C)(C)C)=C21. The molecule has 0 spiro atoms. The van der Waals surface area contributed by atoms with Crippen LogP contribution in [0.15, 0.2) is 23.8 Å². The number of rotatable bonds is 3. The molecule has 1 aliphatic heterocycles. The normalized spacial score (nSPS) is 28.8. The van der Waals surface area contributed by atoms with Crippen LogP contribution in [0.25, 0.3) is 0 Å². The van der Waals surface area contributed by atoms with E-state index in [4.69, 9.17) is 9.47 Å². The minimum Gasteiger partial charge on any atom is -0.348 e. The molecule has 3 heteroatoms. The molecule has 2 rings (SSSR count). The highest BCUT2D eigenvalue weighted by atomic mass is 16.7. The van der Waals surface area contributed by atoms with Crippen LogP contribution in [-0.2, 0) is 14.3 Å². The van der Waals surface area contributed by atoms with Crippen LogP contribution in [0.5, 0.6) is 0 Å². The summed E-state index contributed by atoms with van der Waals surface area (Å²) in [6.45, 7) is 10.9. The molecule has 3 nitrogen and oxygen atoms in total. The molecule has 2 atom stereocenters. The van der Waals surface area contributed by atoms with Gasteiger partial charge in [0, 0.05) is 17.9 Å². The molecule has 0 N–H and O–H groups in total. The minimum absolute atomic E-state index is 0.134. The van der Waals surface area contributed by atoms with Crippen molar-refractivity contribution in [1.82, 2.24) is 0 Å². The third-order valence-electron chi connectivity index (χ3n) is 3.26. The van der Waals surface area contributed by atoms with Crippen molar-refractivity contribution < 1.29 is 14.3 Å². The van der Waals surface area contributed by atoms with E-state index in [0.717, 1.165) is 11.1 Å². The Morgan fingerprint density at radius 3 is 2.82 bits per heavy atom. The number of fused-ring (bicyclic) bond motifs is 1. The fourth-order valence-electron chi connectivity index (χ4n) is 2.70. The molecule has 1 heterocycles. The number of ketones is 1. The van der Waals surface area contributed by atoms with Crippen molar-refractivity contribution in [2.45, 2.75) is 33.5 Å². The molecule has 94 valence electrons. The van der Waals surface area contributed by atoms with Gasteiger partial charge in [0.25, 0.3) is 0 Å². The van der Waals surface area contributed by atoms with E-state index in [2.05, 4.69) is 27.4 Å². The molecular weight excluding hydrogens is 216 g/mol. The quantitative estimate of drug-likeness (QED) is 0.706. The van der Waals surface area contributed by atoms with Gasteiger partial charge in [-0.05, 0) is 11.0 Å². The lowest BCUT2D eigenvalue weighted by Gasteiger charge is -2.23. The molecule has 0 radical (unpaired) electrons. The van der Waals surface area contributed by atoms with Gasteiger partial charge in [0.05, 0.1) is 13.2 Å². The Balaban J connectivity index is 2.32. The van der Waals surface area contributed by atoms with Crippen LogP contribution in [0.3, 0.4) is 0 Å². The second-order valence-corrected chi connectivity index (χ2v) is 5.69. The molecule has 0 bridgehead atoms. The Kier molecular flexibility index (Phi) is 3.23. The first-order valence-corrected chi connectivity index (χ1v) is 6.07. The third-order valence-corrected chi connectivity index (χ3v) is 3.26. The van der Waals surface area contributed by atoms with Gasteiger partial charge < -0.3 is 9.47 Å². The first-order chi connectivity index (χ1) is 7.95. The van der Waals surface area contributed by atoms with Crippen LogP contribution in [0.4, 0.5) is 0 Å². The predicted molar refractivity (Wildman–Crippen MR) is 65.5 cm³/mol. The molecule has 1 aliphatic carbocycles. The highest BCUT2D eigenvalue weighted by Gasteiger charge is 2.45. The predicted octanol–water partition coefficient (Wildman–Crippen LogP) is 2.48. The third kappa shape index (κ3) is 2.22. The van der Waals surface area contributed by atoms with Crippen molar-refractivity contribution in [2.75, 3.05) is 13.2 Å². The zero-order chi connectivity index (χ0) is 12.6. The monoisotopic (exact) mass is 236 g/mol. The second kappa shape index (κ2) is 4.39. The highest BCUT2D eigenvalue weighted by Crippen LogP contribution is 2.45. The summed E-state index contributed by atoms with van der Waals surface area (Å²) in [6.07, 6.45) is 1.93. The van der Waals surface area contributed by atoms with E-state index in [1.807, 2.05) is 0 Å². The molecule has 1 fully saturated rings. The van der Waals surface area contributed by atoms with Crippen molar-refractivity contribution in [2.24, 2.45) is 11.3 Å². The summed E-state index contributed by atoms with van der Waals surface area (Å²) in [5.74, 6) is 0.486. The lowest BCUT2D eigenvalue weighted by molar-refractivity contribution is -0.117. The van der Waals surface area contributed by atoms with E-state index < -0.39 is 0 Å². The topological polar surface area (TPSA) is 35.5 Å². The van der Waals surface area contributed by atoms with E-state index in [0.29, 0.717) is 19.6 Å². The van der Waals surface area contributed by atoms with Gasteiger partial charge in [-0.3, -0.25) is 4.79 Å². The Morgan fingerprint density at radius 2 is 2.24 bits per heavy atom. The van der Waals surface area contributed by atoms with Crippen LogP contribution in [0.1, 0.15) is 27.2 Å². The zero-order valence-electron chi connectivity index (χ0n) is 10.8. The lowest BCUT2D eigenvalue weighted by atomic mass is 9.83. The minimum atomic E-state index is -0.348. The maximum Gasteiger partial charge on any atom is 0.181 e. The number of carbonyl (C=O) groups is 1. The van der Waals surface area contributed by atoms with Gasteiger partial charge >= 0.3 is 0 Å². The summed E-state index contributed by atoms with van der Waals surface area (Å²) >= 11 is 0. The van der Waals surface area contributed by atoms with E-state index in [-0.39, 0.29) is 23.4 Å². The van der Waals surface area contributed by atoms with Gasteiger partial charge in [0.1, 0.15) is 0 Å². The number of Topliss-reactive ketones (excluding diaryl/α,β-unsaturated/α-hetero) is 1. The number of hydrogen-bond donors (Lipinski definition) is 0. The van der Waals surface area contributed by atoms with Crippen LogP contribution in [0, 0.1) is 11.3 Å². The van der Waals surface area contributed by atoms with Crippen LogP contribution < -0.4 is 0 Å². The van der Waals surface area contributed by atoms with Gasteiger partial charge in [-0.25, -0.2) is 0 Å². The van der Waals surface area contributed by atoms with E-state index >= 15 is 0 Å². The van der Waals surface area contributed by atoms with Gasteiger partial charge in [0.15, 0.2) is 12.1 Å². The summed E-state index contributed by atoms with van der Waals surface area (Å²) < 4.78 is 11.2. The standard InChI is InChI=1S/C14H20O3/c1-5-6-16-13-11-9(8-17-13)7-10(15)12(11)14(2,3)4/h5,9,13H,1,6-8H2,2-4H3/t9-,13-/m1/s1.